The van der Waals surface area contributed by atoms with Gasteiger partial charge in [0.1, 0.15) is 5.75 Å². The number of nitrogens with one attached hydrogen (secondary N) is 1. The van der Waals surface area contributed by atoms with Gasteiger partial charge in [0.05, 0.1) is 24.9 Å². The van der Waals surface area contributed by atoms with Gasteiger partial charge in [-0.3, -0.25) is 16.2 Å². The van der Waals surface area contributed by atoms with Crippen molar-refractivity contribution in [2.24, 2.45) is 5.84 Å². The summed E-state index contributed by atoms with van der Waals surface area (Å²) < 4.78 is 11.8. The fraction of sp³-hybridized carbons (Fsp3) is 0.625. The lowest BCUT2D eigenvalue weighted by Gasteiger charge is -2.36. The van der Waals surface area contributed by atoms with Gasteiger partial charge in [-0.15, -0.1) is 0 Å². The van der Waals surface area contributed by atoms with Crippen LogP contribution >= 0.6 is 0 Å². The summed E-state index contributed by atoms with van der Waals surface area (Å²) in [5.41, 5.74) is 4.05. The van der Waals surface area contributed by atoms with E-state index in [0.29, 0.717) is 6.10 Å². The minimum atomic E-state index is -0.0119. The minimum absolute atomic E-state index is 0.0119. The summed E-state index contributed by atoms with van der Waals surface area (Å²) in [6.45, 7) is 5.88. The van der Waals surface area contributed by atoms with Crippen LogP contribution in [0.15, 0.2) is 24.3 Å². The van der Waals surface area contributed by atoms with Crippen molar-refractivity contribution in [3.63, 3.8) is 0 Å². The molecule has 0 bridgehead atoms. The van der Waals surface area contributed by atoms with E-state index in [-0.39, 0.29) is 12.1 Å². The maximum atomic E-state index is 5.93. The van der Waals surface area contributed by atoms with E-state index >= 15 is 0 Å². The van der Waals surface area contributed by atoms with Gasteiger partial charge in [0.15, 0.2) is 0 Å². The number of hydrogen-bond donors (Lipinski definition) is 2. The Balaban J connectivity index is 1.72. The molecule has 0 radical (unpaired) electrons. The molecule has 2 aliphatic rings. The Bertz CT molecular complexity index is 465. The summed E-state index contributed by atoms with van der Waals surface area (Å²) in [5.74, 6) is 6.73. The average molecular weight is 291 g/mol. The van der Waals surface area contributed by atoms with Crippen molar-refractivity contribution in [1.82, 2.24) is 10.3 Å². The number of hydrazine groups is 1. The quantitative estimate of drug-likeness (QED) is 0.614. The number of morpholine rings is 1. The molecule has 5 heteroatoms. The highest BCUT2D eigenvalue weighted by Gasteiger charge is 2.29. The van der Waals surface area contributed by atoms with E-state index in [1.165, 1.54) is 12.8 Å². The van der Waals surface area contributed by atoms with Crippen LogP contribution in [0.1, 0.15) is 31.4 Å². The fourth-order valence-corrected chi connectivity index (χ4v) is 2.80. The predicted molar refractivity (Wildman–Crippen MR) is 82.0 cm³/mol. The Morgan fingerprint density at radius 1 is 1.48 bits per heavy atom. The van der Waals surface area contributed by atoms with Crippen LogP contribution < -0.4 is 16.0 Å². The molecule has 5 nitrogen and oxygen atoms in total. The highest BCUT2D eigenvalue weighted by atomic mass is 16.5. The monoisotopic (exact) mass is 291 g/mol. The van der Waals surface area contributed by atoms with E-state index in [4.69, 9.17) is 15.3 Å². The Hall–Kier alpha value is -1.14. The second-order valence-corrected chi connectivity index (χ2v) is 5.84. The summed E-state index contributed by atoms with van der Waals surface area (Å²) in [5, 5.41) is 0. The zero-order valence-corrected chi connectivity index (χ0v) is 12.6. The van der Waals surface area contributed by atoms with Gasteiger partial charge in [-0.1, -0.05) is 19.1 Å². The number of likely N-dealkylation sites (N-methyl/N-ethyl adjacent to an activating group) is 1. The summed E-state index contributed by atoms with van der Waals surface area (Å²) in [4.78, 5) is 2.39. The molecular formula is C16H25N3O2. The van der Waals surface area contributed by atoms with Gasteiger partial charge in [-0.05, 0) is 37.1 Å². The van der Waals surface area contributed by atoms with Crippen molar-refractivity contribution in [3.8, 4) is 5.75 Å². The molecule has 1 aromatic rings. The molecule has 116 valence electrons. The van der Waals surface area contributed by atoms with Gasteiger partial charge < -0.3 is 9.47 Å². The molecule has 2 fully saturated rings. The second kappa shape index (κ2) is 6.75. The van der Waals surface area contributed by atoms with Crippen LogP contribution in [-0.4, -0.2) is 43.3 Å². The average Bonchev–Trinajstić information content (AvgIpc) is 3.33. The molecule has 0 spiro atoms. The molecule has 2 unspecified atom stereocenters. The predicted octanol–water partition coefficient (Wildman–Crippen LogP) is 1.45. The largest absolute Gasteiger partial charge is 0.490 e. The zero-order chi connectivity index (χ0) is 14.7. The van der Waals surface area contributed by atoms with Crippen molar-refractivity contribution in [2.75, 3.05) is 26.2 Å². The Kier molecular flexibility index (Phi) is 4.75. The third kappa shape index (κ3) is 3.74. The summed E-state index contributed by atoms with van der Waals surface area (Å²) in [7, 11) is 0. The first-order chi connectivity index (χ1) is 10.3. The van der Waals surface area contributed by atoms with Gasteiger partial charge in [0, 0.05) is 13.1 Å². The van der Waals surface area contributed by atoms with E-state index in [1.54, 1.807) is 0 Å². The topological polar surface area (TPSA) is 59.8 Å². The number of hydrogen-bond acceptors (Lipinski definition) is 5. The van der Waals surface area contributed by atoms with Crippen molar-refractivity contribution in [3.05, 3.63) is 29.8 Å². The lowest BCUT2D eigenvalue weighted by atomic mass is 10.0. The molecule has 1 aliphatic carbocycles. The minimum Gasteiger partial charge on any atom is -0.490 e. The van der Waals surface area contributed by atoms with Crippen molar-refractivity contribution in [1.29, 1.82) is 0 Å². The van der Waals surface area contributed by atoms with Crippen LogP contribution in [0.3, 0.4) is 0 Å². The number of nitrogens with two attached hydrogens (primary N) is 1. The highest BCUT2D eigenvalue weighted by molar-refractivity contribution is 5.31. The van der Waals surface area contributed by atoms with Gasteiger partial charge in [0.25, 0.3) is 0 Å². The van der Waals surface area contributed by atoms with E-state index in [1.807, 2.05) is 12.1 Å². The van der Waals surface area contributed by atoms with Gasteiger partial charge >= 0.3 is 0 Å². The third-order valence-corrected chi connectivity index (χ3v) is 4.22. The molecule has 3 rings (SSSR count). The summed E-state index contributed by atoms with van der Waals surface area (Å²) in [6.07, 6.45) is 2.81. The van der Waals surface area contributed by atoms with Gasteiger partial charge in [0.2, 0.25) is 0 Å². The van der Waals surface area contributed by atoms with Gasteiger partial charge in [-0.2, -0.15) is 0 Å². The normalized spacial score (nSPS) is 24.8. The standard InChI is InChI=1S/C16H25N3O2/c1-2-19-8-9-20-15(11-19)16(18-17)12-4-3-5-14(10-12)21-13-6-7-13/h3-5,10,13,15-16,18H,2,6-9,11,17H2,1H3. The molecular weight excluding hydrogens is 266 g/mol. The maximum absolute atomic E-state index is 5.93. The molecule has 2 atom stereocenters. The van der Waals surface area contributed by atoms with E-state index in [0.717, 1.165) is 37.6 Å². The van der Waals surface area contributed by atoms with E-state index in [9.17, 15) is 0 Å². The third-order valence-electron chi connectivity index (χ3n) is 4.22. The summed E-state index contributed by atoms with van der Waals surface area (Å²) >= 11 is 0. The molecule has 3 N–H and O–H groups in total. The fourth-order valence-electron chi connectivity index (χ4n) is 2.80. The Morgan fingerprint density at radius 2 is 2.33 bits per heavy atom. The van der Waals surface area contributed by atoms with Crippen LogP contribution in [0.25, 0.3) is 0 Å². The summed E-state index contributed by atoms with van der Waals surface area (Å²) in [6, 6.07) is 8.19. The number of rotatable bonds is 6. The van der Waals surface area contributed by atoms with Crippen molar-refractivity contribution >= 4 is 0 Å². The molecule has 1 saturated heterocycles. The Labute approximate surface area is 126 Å². The molecule has 0 amide bonds. The van der Waals surface area contributed by atoms with E-state index < -0.39 is 0 Å². The molecule has 1 aromatic carbocycles. The SMILES string of the molecule is CCN1CCOC(C(NN)c2cccc(OC3CC3)c2)C1. The Morgan fingerprint density at radius 3 is 3.05 bits per heavy atom. The molecule has 1 heterocycles. The molecule has 0 aromatic heterocycles. The number of nitrogens with zero attached hydrogens (tertiary/aromatic N) is 1. The van der Waals surface area contributed by atoms with E-state index in [2.05, 4.69) is 29.4 Å². The molecule has 1 saturated carbocycles. The number of ether oxygens (including phenoxy) is 2. The maximum Gasteiger partial charge on any atom is 0.120 e. The lowest BCUT2D eigenvalue weighted by molar-refractivity contribution is -0.0456. The van der Waals surface area contributed by atoms with Gasteiger partial charge in [-0.25, -0.2) is 0 Å². The zero-order valence-electron chi connectivity index (χ0n) is 12.6. The highest BCUT2D eigenvalue weighted by Crippen LogP contribution is 2.29. The first-order valence-corrected chi connectivity index (χ1v) is 7.87. The van der Waals surface area contributed by atoms with Crippen LogP contribution in [0, 0.1) is 0 Å². The van der Waals surface area contributed by atoms with Crippen LogP contribution in [-0.2, 0) is 4.74 Å². The lowest BCUT2D eigenvalue weighted by Crippen LogP contribution is -2.49. The molecule has 21 heavy (non-hydrogen) atoms. The number of benzene rings is 1. The molecule has 1 aliphatic heterocycles. The van der Waals surface area contributed by atoms with Crippen molar-refractivity contribution in [2.45, 2.75) is 38.0 Å². The first-order valence-electron chi connectivity index (χ1n) is 7.87. The van der Waals surface area contributed by atoms with Crippen LogP contribution in [0.4, 0.5) is 0 Å². The van der Waals surface area contributed by atoms with Crippen molar-refractivity contribution < 1.29 is 9.47 Å². The van der Waals surface area contributed by atoms with Crippen LogP contribution in [0.2, 0.25) is 0 Å². The van der Waals surface area contributed by atoms with Crippen LogP contribution in [0.5, 0.6) is 5.75 Å². The first kappa shape index (κ1) is 14.8. The second-order valence-electron chi connectivity index (χ2n) is 5.84. The smallest absolute Gasteiger partial charge is 0.120 e.